The molecule has 2 aromatic carbocycles. The highest BCUT2D eigenvalue weighted by atomic mass is 19.2. The summed E-state index contributed by atoms with van der Waals surface area (Å²) in [4.78, 5) is 12.1. The molecular formula is C21H22F2O2. The van der Waals surface area contributed by atoms with Crippen LogP contribution in [0.15, 0.2) is 42.5 Å². The lowest BCUT2D eigenvalue weighted by Gasteiger charge is -2.28. The van der Waals surface area contributed by atoms with Crippen molar-refractivity contribution < 1.29 is 18.3 Å². The van der Waals surface area contributed by atoms with Crippen LogP contribution in [0.5, 0.6) is 5.75 Å². The average molecular weight is 344 g/mol. The van der Waals surface area contributed by atoms with E-state index in [0.717, 1.165) is 18.1 Å². The number of ether oxygens (including phenoxy) is 1. The second-order valence-corrected chi connectivity index (χ2v) is 6.71. The minimum Gasteiger partial charge on any atom is -0.423 e. The van der Waals surface area contributed by atoms with Gasteiger partial charge in [0.15, 0.2) is 11.6 Å². The molecule has 0 atom stereocenters. The van der Waals surface area contributed by atoms with Crippen molar-refractivity contribution in [3.63, 3.8) is 0 Å². The van der Waals surface area contributed by atoms with Gasteiger partial charge in [-0.2, -0.15) is 0 Å². The molecule has 1 aliphatic rings. The predicted octanol–water partition coefficient (Wildman–Crippen LogP) is 5.87. The van der Waals surface area contributed by atoms with Crippen LogP contribution < -0.4 is 4.74 Å². The summed E-state index contributed by atoms with van der Waals surface area (Å²) in [7, 11) is 0. The summed E-state index contributed by atoms with van der Waals surface area (Å²) in [5, 5.41) is 0. The molecule has 4 heteroatoms. The Kier molecular flexibility index (Phi) is 5.47. The first kappa shape index (κ1) is 17.6. The molecule has 0 N–H and O–H groups in total. The number of hydrogen-bond acceptors (Lipinski definition) is 2. The van der Waals surface area contributed by atoms with Crippen LogP contribution in [0.25, 0.3) is 0 Å². The lowest BCUT2D eigenvalue weighted by molar-refractivity contribution is 0.0734. The molecular weight excluding hydrogens is 322 g/mol. The maximum Gasteiger partial charge on any atom is 0.343 e. The van der Waals surface area contributed by atoms with Gasteiger partial charge in [-0.1, -0.05) is 25.5 Å². The largest absolute Gasteiger partial charge is 0.423 e. The van der Waals surface area contributed by atoms with Crippen molar-refractivity contribution in [2.45, 2.75) is 44.9 Å². The molecule has 0 aliphatic heterocycles. The molecule has 1 fully saturated rings. The molecule has 1 aliphatic carbocycles. The minimum absolute atomic E-state index is 0.00846. The van der Waals surface area contributed by atoms with Crippen LogP contribution in [0.2, 0.25) is 0 Å². The van der Waals surface area contributed by atoms with E-state index in [0.29, 0.717) is 11.5 Å². The van der Waals surface area contributed by atoms with Crippen molar-refractivity contribution in [1.29, 1.82) is 0 Å². The summed E-state index contributed by atoms with van der Waals surface area (Å²) in [6.07, 6.45) is 6.16. The van der Waals surface area contributed by atoms with Crippen LogP contribution in [0.3, 0.4) is 0 Å². The molecule has 0 heterocycles. The molecule has 0 radical (unpaired) electrons. The van der Waals surface area contributed by atoms with E-state index in [1.165, 1.54) is 43.7 Å². The fourth-order valence-corrected chi connectivity index (χ4v) is 3.50. The maximum atomic E-state index is 13.2. The van der Waals surface area contributed by atoms with E-state index in [1.807, 2.05) is 12.1 Å². The van der Waals surface area contributed by atoms with Gasteiger partial charge in [0.25, 0.3) is 0 Å². The van der Waals surface area contributed by atoms with Crippen molar-refractivity contribution in [2.24, 2.45) is 5.92 Å². The highest BCUT2D eigenvalue weighted by molar-refractivity contribution is 5.91. The zero-order chi connectivity index (χ0) is 17.8. The zero-order valence-electron chi connectivity index (χ0n) is 14.3. The lowest BCUT2D eigenvalue weighted by atomic mass is 9.78. The van der Waals surface area contributed by atoms with Gasteiger partial charge in [-0.3, -0.25) is 0 Å². The van der Waals surface area contributed by atoms with Gasteiger partial charge in [-0.25, -0.2) is 13.6 Å². The summed E-state index contributed by atoms with van der Waals surface area (Å²) in [6, 6.07) is 10.5. The Morgan fingerprint density at radius 2 is 1.68 bits per heavy atom. The first-order valence-electron chi connectivity index (χ1n) is 8.84. The number of esters is 1. The Hall–Kier alpha value is -2.23. The zero-order valence-corrected chi connectivity index (χ0v) is 14.3. The summed E-state index contributed by atoms with van der Waals surface area (Å²) >= 11 is 0. The van der Waals surface area contributed by atoms with Crippen LogP contribution >= 0.6 is 0 Å². The smallest absolute Gasteiger partial charge is 0.343 e. The van der Waals surface area contributed by atoms with Crippen LogP contribution in [0, 0.1) is 17.6 Å². The molecule has 0 spiro atoms. The van der Waals surface area contributed by atoms with E-state index in [2.05, 4.69) is 6.92 Å². The topological polar surface area (TPSA) is 26.3 Å². The van der Waals surface area contributed by atoms with Gasteiger partial charge < -0.3 is 4.74 Å². The minimum atomic E-state index is -1.04. The molecule has 25 heavy (non-hydrogen) atoms. The SMILES string of the molecule is CCC1CCC(c2ccc(C(=O)Oc3ccc(F)c(F)c3)cc2)CC1. The number of rotatable bonds is 4. The van der Waals surface area contributed by atoms with Crippen molar-refractivity contribution in [2.75, 3.05) is 0 Å². The number of benzene rings is 2. The second-order valence-electron chi connectivity index (χ2n) is 6.71. The summed E-state index contributed by atoms with van der Waals surface area (Å²) in [5.74, 6) is -1.19. The van der Waals surface area contributed by atoms with E-state index in [4.69, 9.17) is 4.74 Å². The van der Waals surface area contributed by atoms with Gasteiger partial charge >= 0.3 is 5.97 Å². The summed E-state index contributed by atoms with van der Waals surface area (Å²) in [6.45, 7) is 2.25. The Bertz CT molecular complexity index is 732. The quantitative estimate of drug-likeness (QED) is 0.512. The Balaban J connectivity index is 1.63. The van der Waals surface area contributed by atoms with E-state index < -0.39 is 17.6 Å². The third-order valence-corrected chi connectivity index (χ3v) is 5.14. The van der Waals surface area contributed by atoms with E-state index in [9.17, 15) is 13.6 Å². The van der Waals surface area contributed by atoms with Crippen molar-refractivity contribution in [3.05, 3.63) is 65.2 Å². The molecule has 132 valence electrons. The molecule has 0 aromatic heterocycles. The first-order valence-corrected chi connectivity index (χ1v) is 8.84. The predicted molar refractivity (Wildman–Crippen MR) is 92.7 cm³/mol. The monoisotopic (exact) mass is 344 g/mol. The van der Waals surface area contributed by atoms with Gasteiger partial charge in [0.1, 0.15) is 5.75 Å². The molecule has 3 rings (SSSR count). The standard InChI is InChI=1S/C21H22F2O2/c1-2-14-3-5-15(6-4-14)16-7-9-17(10-8-16)21(24)25-18-11-12-19(22)20(23)13-18/h7-15H,2-6H2,1H3. The van der Waals surface area contributed by atoms with Crippen LogP contribution in [0.1, 0.15) is 60.9 Å². The molecule has 0 amide bonds. The van der Waals surface area contributed by atoms with Gasteiger partial charge in [-0.05, 0) is 67.3 Å². The number of hydrogen-bond donors (Lipinski definition) is 0. The fourth-order valence-electron chi connectivity index (χ4n) is 3.50. The maximum absolute atomic E-state index is 13.2. The van der Waals surface area contributed by atoms with E-state index in [1.54, 1.807) is 12.1 Å². The Labute approximate surface area is 146 Å². The van der Waals surface area contributed by atoms with Gasteiger partial charge in [0.05, 0.1) is 5.56 Å². The highest BCUT2D eigenvalue weighted by Gasteiger charge is 2.21. The van der Waals surface area contributed by atoms with Crippen LogP contribution in [-0.2, 0) is 0 Å². The molecule has 0 unspecified atom stereocenters. The van der Waals surface area contributed by atoms with Crippen molar-refractivity contribution in [3.8, 4) is 5.75 Å². The number of carbonyl (C=O) groups excluding carboxylic acids is 1. The highest BCUT2D eigenvalue weighted by Crippen LogP contribution is 2.36. The molecule has 2 nitrogen and oxygen atoms in total. The van der Waals surface area contributed by atoms with Crippen molar-refractivity contribution >= 4 is 5.97 Å². The van der Waals surface area contributed by atoms with E-state index >= 15 is 0 Å². The first-order chi connectivity index (χ1) is 12.1. The average Bonchev–Trinajstić information content (AvgIpc) is 2.65. The Morgan fingerprint density at radius 1 is 1.00 bits per heavy atom. The second kappa shape index (κ2) is 7.77. The molecule has 0 saturated heterocycles. The molecule has 1 saturated carbocycles. The van der Waals surface area contributed by atoms with E-state index in [-0.39, 0.29) is 5.75 Å². The van der Waals surface area contributed by atoms with Gasteiger partial charge in [-0.15, -0.1) is 0 Å². The molecule has 0 bridgehead atoms. The van der Waals surface area contributed by atoms with Crippen LogP contribution in [0.4, 0.5) is 8.78 Å². The third-order valence-electron chi connectivity index (χ3n) is 5.14. The summed E-state index contributed by atoms with van der Waals surface area (Å²) < 4.78 is 31.2. The summed E-state index contributed by atoms with van der Waals surface area (Å²) in [5.41, 5.74) is 1.65. The number of halogens is 2. The Morgan fingerprint density at radius 3 is 2.28 bits per heavy atom. The van der Waals surface area contributed by atoms with Crippen molar-refractivity contribution in [1.82, 2.24) is 0 Å². The number of carbonyl (C=O) groups is 1. The van der Waals surface area contributed by atoms with Gasteiger partial charge in [0.2, 0.25) is 0 Å². The lowest BCUT2D eigenvalue weighted by Crippen LogP contribution is -2.13. The third kappa shape index (κ3) is 4.25. The fraction of sp³-hybridized carbons (Fsp3) is 0.381. The van der Waals surface area contributed by atoms with Crippen LogP contribution in [-0.4, -0.2) is 5.97 Å². The molecule has 2 aromatic rings. The van der Waals surface area contributed by atoms with Gasteiger partial charge in [0, 0.05) is 6.07 Å². The normalized spacial score (nSPS) is 20.3.